The summed E-state index contributed by atoms with van der Waals surface area (Å²) in [5.74, 6) is -0.650. The molecule has 0 saturated carbocycles. The van der Waals surface area contributed by atoms with Crippen LogP contribution in [-0.4, -0.2) is 5.91 Å². The van der Waals surface area contributed by atoms with Gasteiger partial charge in [-0.1, -0.05) is 11.9 Å². The summed E-state index contributed by atoms with van der Waals surface area (Å²) in [4.78, 5) is 10.0. The molecule has 46 valence electrons. The number of amides is 1. The zero-order valence-electron chi connectivity index (χ0n) is 4.13. The van der Waals surface area contributed by atoms with Crippen molar-refractivity contribution in [2.75, 3.05) is 0 Å². The smallest absolute Gasteiger partial charge is 0.265 e. The molecule has 0 aliphatic heterocycles. The van der Waals surface area contributed by atoms with Crippen LogP contribution in [0.4, 0.5) is 0 Å². The van der Waals surface area contributed by atoms with Crippen LogP contribution in [-0.2, 0) is 4.79 Å². The number of primary amides is 1. The van der Waals surface area contributed by atoms with Crippen LogP contribution < -0.4 is 16.6 Å². The number of carbonyl (C=O) groups excluding carboxylic acids is 1. The maximum absolute atomic E-state index is 10.0. The van der Waals surface area contributed by atoms with Crippen molar-refractivity contribution in [3.63, 3.8) is 0 Å². The fraction of sp³-hybridized carbons (Fsp3) is 0. The Morgan fingerprint density at radius 3 is 2.12 bits per heavy atom. The number of nitrogens with two attached hydrogens (primary N) is 3. The monoisotopic (exact) mass is 133 g/mol. The third-order valence-electron chi connectivity index (χ3n) is 0.480. The minimum atomic E-state index is -0.650. The average molecular weight is 133 g/mol. The van der Waals surface area contributed by atoms with Crippen molar-refractivity contribution in [3.8, 4) is 0 Å². The second kappa shape index (κ2) is 3.34. The molecule has 4 nitrogen and oxygen atoms in total. The molecule has 0 bridgehead atoms. The van der Waals surface area contributed by atoms with E-state index in [1.807, 2.05) is 0 Å². The first-order chi connectivity index (χ1) is 3.68. The van der Waals surface area contributed by atoms with E-state index in [0.29, 0.717) is 0 Å². The normalized spacial score (nSPS) is 11.4. The summed E-state index contributed by atoms with van der Waals surface area (Å²) >= 11 is 0.850. The zero-order valence-corrected chi connectivity index (χ0v) is 4.94. The van der Waals surface area contributed by atoms with Crippen molar-refractivity contribution in [1.82, 2.24) is 0 Å². The van der Waals surface area contributed by atoms with Gasteiger partial charge < -0.3 is 11.5 Å². The van der Waals surface area contributed by atoms with Crippen LogP contribution in [0.5, 0.6) is 0 Å². The Labute approximate surface area is 51.2 Å². The second-order valence-corrected chi connectivity index (χ2v) is 1.58. The first-order valence-corrected chi connectivity index (χ1v) is 2.73. The molecule has 0 atom stereocenters. The van der Waals surface area contributed by atoms with E-state index >= 15 is 0 Å². The first-order valence-electron chi connectivity index (χ1n) is 1.79. The minimum absolute atomic E-state index is 0.0162. The first kappa shape index (κ1) is 7.32. The summed E-state index contributed by atoms with van der Waals surface area (Å²) in [6, 6.07) is 0. The summed E-state index contributed by atoms with van der Waals surface area (Å²) in [5.41, 5.74) is 9.72. The fourth-order valence-electron chi connectivity index (χ4n) is 0.131. The van der Waals surface area contributed by atoms with E-state index in [1.54, 1.807) is 0 Å². The van der Waals surface area contributed by atoms with Crippen LogP contribution >= 0.6 is 11.9 Å². The highest BCUT2D eigenvalue weighted by molar-refractivity contribution is 8.00. The van der Waals surface area contributed by atoms with Crippen molar-refractivity contribution in [2.24, 2.45) is 16.6 Å². The van der Waals surface area contributed by atoms with Crippen molar-refractivity contribution in [2.45, 2.75) is 0 Å². The Balaban J connectivity index is 3.80. The molecule has 0 heterocycles. The Kier molecular flexibility index (Phi) is 3.05. The van der Waals surface area contributed by atoms with Gasteiger partial charge in [0.1, 0.15) is 5.70 Å². The maximum atomic E-state index is 10.0. The van der Waals surface area contributed by atoms with E-state index in [4.69, 9.17) is 16.6 Å². The highest BCUT2D eigenvalue weighted by atomic mass is 32.2. The summed E-state index contributed by atoms with van der Waals surface area (Å²) in [6.45, 7) is 0. The molecule has 8 heavy (non-hydrogen) atoms. The second-order valence-electron chi connectivity index (χ2n) is 1.07. The van der Waals surface area contributed by atoms with E-state index in [-0.39, 0.29) is 5.70 Å². The molecule has 0 unspecified atom stereocenters. The topological polar surface area (TPSA) is 95.1 Å². The summed E-state index contributed by atoms with van der Waals surface area (Å²) in [7, 11) is 0. The Bertz CT molecular complexity index is 122. The lowest BCUT2D eigenvalue weighted by molar-refractivity contribution is -0.114. The fourth-order valence-corrected chi connectivity index (χ4v) is 0.394. The third-order valence-corrected chi connectivity index (χ3v) is 0.870. The van der Waals surface area contributed by atoms with Gasteiger partial charge in [0.2, 0.25) is 0 Å². The lowest BCUT2D eigenvalue weighted by Crippen LogP contribution is -2.19. The molecule has 0 fully saturated rings. The van der Waals surface area contributed by atoms with E-state index in [0.717, 1.165) is 11.9 Å². The summed E-state index contributed by atoms with van der Waals surface area (Å²) < 4.78 is 0. The molecular formula is C3H7N3OS. The minimum Gasteiger partial charge on any atom is -0.394 e. The van der Waals surface area contributed by atoms with Crippen LogP contribution in [0, 0.1) is 0 Å². The maximum Gasteiger partial charge on any atom is 0.265 e. The predicted molar refractivity (Wildman–Crippen MR) is 33.2 cm³/mol. The molecule has 0 aliphatic rings. The number of hydrogen-bond donors (Lipinski definition) is 3. The van der Waals surface area contributed by atoms with Gasteiger partial charge >= 0.3 is 0 Å². The lowest BCUT2D eigenvalue weighted by Gasteiger charge is -1.88. The van der Waals surface area contributed by atoms with E-state index in [1.165, 1.54) is 5.41 Å². The third kappa shape index (κ3) is 2.49. The van der Waals surface area contributed by atoms with Crippen molar-refractivity contribution < 1.29 is 4.79 Å². The summed E-state index contributed by atoms with van der Waals surface area (Å²) in [6.07, 6.45) is 0. The Hall–Kier alpha value is -0.680. The van der Waals surface area contributed by atoms with Crippen LogP contribution in [0.25, 0.3) is 0 Å². The average Bonchev–Trinajstić information content (AvgIpc) is 1.67. The molecule has 0 spiro atoms. The Morgan fingerprint density at radius 2 is 2.00 bits per heavy atom. The van der Waals surface area contributed by atoms with Crippen LogP contribution in [0.3, 0.4) is 0 Å². The number of rotatable bonds is 2. The van der Waals surface area contributed by atoms with Gasteiger partial charge in [-0.2, -0.15) is 0 Å². The van der Waals surface area contributed by atoms with Crippen LogP contribution in [0.1, 0.15) is 0 Å². The van der Waals surface area contributed by atoms with Crippen molar-refractivity contribution >= 4 is 17.9 Å². The molecule has 6 N–H and O–H groups in total. The number of carbonyl (C=O) groups is 1. The standard InChI is InChI=1S/C3H7N3OS/c4-2(1-8-6)3(5)7/h1H,4,6H2,(H2,5,7)/b2-1-. The predicted octanol–water partition coefficient (Wildman–Crippen LogP) is -1.12. The number of hydrogen-bond acceptors (Lipinski definition) is 4. The molecule has 0 saturated heterocycles. The molecule has 5 heteroatoms. The molecule has 1 amide bonds. The van der Waals surface area contributed by atoms with Gasteiger partial charge in [0.05, 0.1) is 0 Å². The molecule has 0 aromatic heterocycles. The quantitative estimate of drug-likeness (QED) is 0.328. The Morgan fingerprint density at radius 1 is 1.50 bits per heavy atom. The molecule has 0 radical (unpaired) electrons. The van der Waals surface area contributed by atoms with Gasteiger partial charge in [-0.15, -0.1) is 0 Å². The molecule has 0 aliphatic carbocycles. The zero-order chi connectivity index (χ0) is 6.57. The highest BCUT2D eigenvalue weighted by Gasteiger charge is 1.93. The van der Waals surface area contributed by atoms with Gasteiger partial charge in [-0.3, -0.25) is 9.93 Å². The van der Waals surface area contributed by atoms with E-state index < -0.39 is 5.91 Å². The van der Waals surface area contributed by atoms with Crippen LogP contribution in [0.15, 0.2) is 11.1 Å². The highest BCUT2D eigenvalue weighted by Crippen LogP contribution is 1.90. The molecule has 0 aromatic carbocycles. The lowest BCUT2D eigenvalue weighted by atomic mass is 10.5. The summed E-state index contributed by atoms with van der Waals surface area (Å²) in [5, 5.41) is 6.20. The van der Waals surface area contributed by atoms with Gasteiger partial charge in [0, 0.05) is 5.41 Å². The van der Waals surface area contributed by atoms with Gasteiger partial charge in [-0.25, -0.2) is 0 Å². The SMILES string of the molecule is NS/C=C(\N)C(N)=O. The van der Waals surface area contributed by atoms with Gasteiger partial charge in [0.15, 0.2) is 0 Å². The van der Waals surface area contributed by atoms with Gasteiger partial charge in [0.25, 0.3) is 5.91 Å². The molecule has 0 aromatic rings. The van der Waals surface area contributed by atoms with Crippen molar-refractivity contribution in [3.05, 3.63) is 11.1 Å². The molecular weight excluding hydrogens is 126 g/mol. The largest absolute Gasteiger partial charge is 0.394 e. The van der Waals surface area contributed by atoms with Crippen molar-refractivity contribution in [1.29, 1.82) is 0 Å². The van der Waals surface area contributed by atoms with Crippen LogP contribution in [0.2, 0.25) is 0 Å². The van der Waals surface area contributed by atoms with E-state index in [2.05, 4.69) is 0 Å². The molecule has 0 rings (SSSR count). The van der Waals surface area contributed by atoms with Gasteiger partial charge in [-0.05, 0) is 0 Å². The van der Waals surface area contributed by atoms with E-state index in [9.17, 15) is 4.79 Å².